The zero-order chi connectivity index (χ0) is 14.2. The number of hydrogen-bond donors (Lipinski definition) is 1. The molecule has 0 fully saturated rings. The molecular formula is C14H13N5O2. The summed E-state index contributed by atoms with van der Waals surface area (Å²) in [6, 6.07) is 7.83. The summed E-state index contributed by atoms with van der Waals surface area (Å²) < 4.78 is 13.6. The van der Waals surface area contributed by atoms with E-state index in [0.717, 1.165) is 11.3 Å². The highest BCUT2D eigenvalue weighted by Crippen LogP contribution is 2.28. The van der Waals surface area contributed by atoms with Crippen LogP contribution in [0.15, 0.2) is 36.9 Å². The molecule has 1 aliphatic rings. The van der Waals surface area contributed by atoms with Crippen LogP contribution in [-0.2, 0) is 11.3 Å². The van der Waals surface area contributed by atoms with E-state index in [1.165, 1.54) is 6.33 Å². The van der Waals surface area contributed by atoms with Gasteiger partial charge in [-0.2, -0.15) is 0 Å². The molecule has 0 saturated carbocycles. The molecule has 7 heteroatoms. The fourth-order valence-electron chi connectivity index (χ4n) is 2.44. The van der Waals surface area contributed by atoms with Crippen molar-refractivity contribution in [1.82, 2.24) is 19.5 Å². The Morgan fingerprint density at radius 2 is 2.10 bits per heavy atom. The zero-order valence-electron chi connectivity index (χ0n) is 11.1. The summed E-state index contributed by atoms with van der Waals surface area (Å²) in [6.45, 7) is 0.838. The number of nitrogen functional groups attached to an aromatic ring is 1. The third kappa shape index (κ3) is 1.98. The van der Waals surface area contributed by atoms with Crippen molar-refractivity contribution < 1.29 is 9.47 Å². The van der Waals surface area contributed by atoms with Crippen LogP contribution in [0.4, 0.5) is 5.82 Å². The van der Waals surface area contributed by atoms with Gasteiger partial charge in [0.15, 0.2) is 17.7 Å². The van der Waals surface area contributed by atoms with Gasteiger partial charge in [0.2, 0.25) is 0 Å². The largest absolute Gasteiger partial charge is 0.488 e. The maximum absolute atomic E-state index is 5.92. The van der Waals surface area contributed by atoms with Crippen molar-refractivity contribution in [2.75, 3.05) is 12.3 Å². The van der Waals surface area contributed by atoms with E-state index < -0.39 is 0 Å². The number of hydrogen-bond acceptors (Lipinski definition) is 6. The molecule has 1 atom stereocenters. The van der Waals surface area contributed by atoms with Gasteiger partial charge in [-0.15, -0.1) is 0 Å². The van der Waals surface area contributed by atoms with Gasteiger partial charge in [0.05, 0.1) is 6.61 Å². The van der Waals surface area contributed by atoms with E-state index in [2.05, 4.69) is 15.0 Å². The number of benzene rings is 1. The maximum atomic E-state index is 5.92. The van der Waals surface area contributed by atoms with Crippen molar-refractivity contribution in [1.29, 1.82) is 0 Å². The topological polar surface area (TPSA) is 88.1 Å². The van der Waals surface area contributed by atoms with Crippen LogP contribution in [0, 0.1) is 0 Å². The van der Waals surface area contributed by atoms with Gasteiger partial charge in [-0.25, -0.2) is 15.0 Å². The van der Waals surface area contributed by atoms with Crippen molar-refractivity contribution in [3.63, 3.8) is 0 Å². The SMILES string of the molecule is Nc1ncnc2ncn(C3COc4ccccc4CO3)c12. The molecule has 21 heavy (non-hydrogen) atoms. The van der Waals surface area contributed by atoms with Gasteiger partial charge in [0.1, 0.15) is 30.5 Å². The normalized spacial score (nSPS) is 18.0. The van der Waals surface area contributed by atoms with Crippen LogP contribution in [0.1, 0.15) is 11.8 Å². The van der Waals surface area contributed by atoms with Crippen LogP contribution in [0.25, 0.3) is 11.2 Å². The van der Waals surface area contributed by atoms with Crippen LogP contribution in [0.2, 0.25) is 0 Å². The second kappa shape index (κ2) is 4.71. The van der Waals surface area contributed by atoms with E-state index in [-0.39, 0.29) is 6.23 Å². The molecule has 7 nitrogen and oxygen atoms in total. The summed E-state index contributed by atoms with van der Waals surface area (Å²) in [6.07, 6.45) is 2.73. The first-order valence-corrected chi connectivity index (χ1v) is 6.58. The minimum absolute atomic E-state index is 0.323. The first-order chi connectivity index (χ1) is 10.3. The van der Waals surface area contributed by atoms with Crippen molar-refractivity contribution in [2.45, 2.75) is 12.8 Å². The lowest BCUT2D eigenvalue weighted by Crippen LogP contribution is -2.18. The van der Waals surface area contributed by atoms with E-state index in [4.69, 9.17) is 15.2 Å². The lowest BCUT2D eigenvalue weighted by Gasteiger charge is -2.17. The number of nitrogens with two attached hydrogens (primary N) is 1. The highest BCUT2D eigenvalue weighted by molar-refractivity contribution is 5.81. The van der Waals surface area contributed by atoms with E-state index in [1.807, 2.05) is 28.8 Å². The van der Waals surface area contributed by atoms with E-state index in [9.17, 15) is 0 Å². The number of anilines is 1. The summed E-state index contributed by atoms with van der Waals surface area (Å²) in [4.78, 5) is 12.3. The predicted octanol–water partition coefficient (Wildman–Crippen LogP) is 1.52. The summed E-state index contributed by atoms with van der Waals surface area (Å²) in [7, 11) is 0. The molecule has 4 rings (SSSR count). The van der Waals surface area contributed by atoms with Crippen LogP contribution in [0.3, 0.4) is 0 Å². The number of ether oxygens (including phenoxy) is 2. The molecular weight excluding hydrogens is 270 g/mol. The van der Waals surface area contributed by atoms with Crippen LogP contribution < -0.4 is 10.5 Å². The molecule has 3 heterocycles. The molecule has 0 bridgehead atoms. The highest BCUT2D eigenvalue weighted by Gasteiger charge is 2.22. The predicted molar refractivity (Wildman–Crippen MR) is 75.5 cm³/mol. The van der Waals surface area contributed by atoms with Gasteiger partial charge >= 0.3 is 0 Å². The van der Waals surface area contributed by atoms with Crippen LogP contribution in [-0.4, -0.2) is 26.1 Å². The van der Waals surface area contributed by atoms with Gasteiger partial charge in [0.25, 0.3) is 0 Å². The number of aromatic nitrogens is 4. The Bertz CT molecular complexity index is 774. The standard InChI is InChI=1S/C14H13N5O2/c15-13-12-14(17-7-16-13)18-8-19(12)11-6-20-10-4-2-1-3-9(10)5-21-11/h1-4,7-8,11H,5-6H2,(H2,15,16,17). The smallest absolute Gasteiger partial charge is 0.183 e. The Morgan fingerprint density at radius 1 is 1.19 bits per heavy atom. The zero-order valence-corrected chi connectivity index (χ0v) is 11.1. The molecule has 1 aliphatic heterocycles. The number of para-hydroxylation sites is 1. The lowest BCUT2D eigenvalue weighted by atomic mass is 10.2. The molecule has 2 aromatic heterocycles. The minimum Gasteiger partial charge on any atom is -0.488 e. The quantitative estimate of drug-likeness (QED) is 0.728. The molecule has 106 valence electrons. The van der Waals surface area contributed by atoms with E-state index in [0.29, 0.717) is 30.2 Å². The molecule has 0 aliphatic carbocycles. The Morgan fingerprint density at radius 3 is 3.05 bits per heavy atom. The first kappa shape index (κ1) is 12.1. The van der Waals surface area contributed by atoms with Crippen LogP contribution >= 0.6 is 0 Å². The van der Waals surface area contributed by atoms with E-state index >= 15 is 0 Å². The third-order valence-electron chi connectivity index (χ3n) is 3.49. The average molecular weight is 283 g/mol. The molecule has 0 spiro atoms. The number of fused-ring (bicyclic) bond motifs is 2. The van der Waals surface area contributed by atoms with Crippen molar-refractivity contribution in [3.05, 3.63) is 42.5 Å². The molecule has 3 aromatic rings. The van der Waals surface area contributed by atoms with Gasteiger partial charge in [-0.3, -0.25) is 4.57 Å². The maximum Gasteiger partial charge on any atom is 0.183 e. The minimum atomic E-state index is -0.323. The van der Waals surface area contributed by atoms with Crippen molar-refractivity contribution in [3.8, 4) is 5.75 Å². The average Bonchev–Trinajstić information content (AvgIpc) is 2.83. The fraction of sp³-hybridized carbons (Fsp3) is 0.214. The molecule has 1 aromatic carbocycles. The Balaban J connectivity index is 1.71. The van der Waals surface area contributed by atoms with Crippen LogP contribution in [0.5, 0.6) is 5.75 Å². The lowest BCUT2D eigenvalue weighted by molar-refractivity contribution is -0.0233. The third-order valence-corrected chi connectivity index (χ3v) is 3.49. The van der Waals surface area contributed by atoms with E-state index in [1.54, 1.807) is 6.33 Å². The Kier molecular flexibility index (Phi) is 2.71. The Labute approximate surface area is 120 Å². The number of rotatable bonds is 1. The van der Waals surface area contributed by atoms with Gasteiger partial charge in [-0.05, 0) is 6.07 Å². The fourth-order valence-corrected chi connectivity index (χ4v) is 2.44. The molecule has 0 amide bonds. The molecule has 2 N–H and O–H groups in total. The summed E-state index contributed by atoms with van der Waals surface area (Å²) in [5.41, 5.74) is 8.16. The van der Waals surface area contributed by atoms with Gasteiger partial charge in [0, 0.05) is 5.56 Å². The molecule has 0 radical (unpaired) electrons. The monoisotopic (exact) mass is 283 g/mol. The number of imidazole rings is 1. The van der Waals surface area contributed by atoms with Gasteiger partial charge in [-0.1, -0.05) is 18.2 Å². The highest BCUT2D eigenvalue weighted by atomic mass is 16.6. The van der Waals surface area contributed by atoms with Crippen molar-refractivity contribution in [2.24, 2.45) is 0 Å². The summed E-state index contributed by atoms with van der Waals surface area (Å²) in [5.74, 6) is 1.22. The first-order valence-electron chi connectivity index (χ1n) is 6.58. The molecule has 1 unspecified atom stereocenters. The van der Waals surface area contributed by atoms with Gasteiger partial charge < -0.3 is 15.2 Å². The summed E-state index contributed by atoms with van der Waals surface area (Å²) >= 11 is 0. The summed E-state index contributed by atoms with van der Waals surface area (Å²) in [5, 5.41) is 0. The van der Waals surface area contributed by atoms with Crippen molar-refractivity contribution >= 4 is 17.0 Å². The second-order valence-corrected chi connectivity index (χ2v) is 4.77. The Hall–Kier alpha value is -2.67. The number of nitrogens with zero attached hydrogens (tertiary/aromatic N) is 4. The molecule has 0 saturated heterocycles. The second-order valence-electron chi connectivity index (χ2n) is 4.77.